The molecule has 0 spiro atoms. The van der Waals surface area contributed by atoms with Crippen LogP contribution in [0.4, 0.5) is 0 Å². The molecule has 1 aromatic carbocycles. The molecule has 0 aliphatic heterocycles. The van der Waals surface area contributed by atoms with E-state index in [0.717, 1.165) is 11.0 Å². The highest BCUT2D eigenvalue weighted by Gasteiger charge is 1.93. The minimum atomic E-state index is 0.599. The fourth-order valence-electron chi connectivity index (χ4n) is 1.08. The second-order valence-electron chi connectivity index (χ2n) is 3.06. The van der Waals surface area contributed by atoms with Gasteiger partial charge in [-0.2, -0.15) is 0 Å². The standard InChI is InChI=1S/C12H14BrNO/c1-2-7-14-8-9-15-10-11-3-5-12(13)6-4-11/h1,3-6,14H,7-10H2. The number of terminal acetylenes is 1. The summed E-state index contributed by atoms with van der Waals surface area (Å²) in [5, 5.41) is 3.06. The van der Waals surface area contributed by atoms with Crippen LogP contribution < -0.4 is 5.32 Å². The van der Waals surface area contributed by atoms with Gasteiger partial charge in [-0.15, -0.1) is 6.42 Å². The van der Waals surface area contributed by atoms with E-state index in [9.17, 15) is 0 Å². The zero-order chi connectivity index (χ0) is 10.9. The van der Waals surface area contributed by atoms with Gasteiger partial charge in [0.25, 0.3) is 0 Å². The van der Waals surface area contributed by atoms with Crippen molar-refractivity contribution < 1.29 is 4.74 Å². The van der Waals surface area contributed by atoms with E-state index in [1.54, 1.807) is 0 Å². The Kier molecular flexibility index (Phi) is 6.10. The second kappa shape index (κ2) is 7.47. The molecule has 0 heterocycles. The first-order valence-electron chi connectivity index (χ1n) is 4.79. The molecule has 0 aromatic heterocycles. The van der Waals surface area contributed by atoms with Crippen molar-refractivity contribution >= 4 is 15.9 Å². The Bertz CT molecular complexity index is 315. The first kappa shape index (κ1) is 12.3. The monoisotopic (exact) mass is 267 g/mol. The van der Waals surface area contributed by atoms with Crippen molar-refractivity contribution in [2.75, 3.05) is 19.7 Å². The zero-order valence-electron chi connectivity index (χ0n) is 8.50. The van der Waals surface area contributed by atoms with Crippen molar-refractivity contribution in [2.45, 2.75) is 6.61 Å². The molecule has 0 bridgehead atoms. The van der Waals surface area contributed by atoms with E-state index in [4.69, 9.17) is 11.2 Å². The summed E-state index contributed by atoms with van der Waals surface area (Å²) in [6.07, 6.45) is 5.09. The number of hydrogen-bond donors (Lipinski definition) is 1. The van der Waals surface area contributed by atoms with Crippen molar-refractivity contribution in [3.63, 3.8) is 0 Å². The van der Waals surface area contributed by atoms with Gasteiger partial charge in [0.2, 0.25) is 0 Å². The molecular weight excluding hydrogens is 254 g/mol. The molecule has 80 valence electrons. The second-order valence-corrected chi connectivity index (χ2v) is 3.98. The number of benzene rings is 1. The third-order valence-corrected chi connectivity index (χ3v) is 2.36. The van der Waals surface area contributed by atoms with Gasteiger partial charge in [0.05, 0.1) is 19.8 Å². The molecule has 0 saturated carbocycles. The van der Waals surface area contributed by atoms with Crippen LogP contribution in [0, 0.1) is 12.3 Å². The van der Waals surface area contributed by atoms with Gasteiger partial charge >= 0.3 is 0 Å². The number of halogens is 1. The van der Waals surface area contributed by atoms with Crippen LogP contribution in [-0.2, 0) is 11.3 Å². The Labute approximate surface area is 99.2 Å². The number of nitrogens with one attached hydrogen (secondary N) is 1. The molecule has 0 fully saturated rings. The molecular formula is C12H14BrNO. The zero-order valence-corrected chi connectivity index (χ0v) is 10.1. The Hall–Kier alpha value is -0.820. The van der Waals surface area contributed by atoms with Gasteiger partial charge in [-0.25, -0.2) is 0 Å². The summed E-state index contributed by atoms with van der Waals surface area (Å²) < 4.78 is 6.54. The first-order chi connectivity index (χ1) is 7.33. The summed E-state index contributed by atoms with van der Waals surface area (Å²) in [5.41, 5.74) is 1.18. The van der Waals surface area contributed by atoms with Crippen LogP contribution >= 0.6 is 15.9 Å². The maximum atomic E-state index is 5.46. The summed E-state index contributed by atoms with van der Waals surface area (Å²) >= 11 is 3.39. The van der Waals surface area contributed by atoms with Crippen molar-refractivity contribution in [1.82, 2.24) is 5.32 Å². The van der Waals surface area contributed by atoms with E-state index >= 15 is 0 Å². The highest BCUT2D eigenvalue weighted by molar-refractivity contribution is 9.10. The topological polar surface area (TPSA) is 21.3 Å². The van der Waals surface area contributed by atoms with Gasteiger partial charge in [-0.05, 0) is 17.7 Å². The number of hydrogen-bond acceptors (Lipinski definition) is 2. The van der Waals surface area contributed by atoms with E-state index < -0.39 is 0 Å². The normalized spacial score (nSPS) is 9.87. The Balaban J connectivity index is 2.10. The predicted octanol–water partition coefficient (Wildman–Crippen LogP) is 2.19. The van der Waals surface area contributed by atoms with Crippen LogP contribution in [-0.4, -0.2) is 19.7 Å². The lowest BCUT2D eigenvalue weighted by Gasteiger charge is -2.04. The van der Waals surface area contributed by atoms with Gasteiger partial charge < -0.3 is 10.1 Å². The third-order valence-electron chi connectivity index (χ3n) is 1.83. The van der Waals surface area contributed by atoms with Gasteiger partial charge in [0.15, 0.2) is 0 Å². The SMILES string of the molecule is C#CCNCCOCc1ccc(Br)cc1. The van der Waals surface area contributed by atoms with Crippen LogP contribution in [0.1, 0.15) is 5.56 Å². The molecule has 1 aromatic rings. The molecule has 0 saturated heterocycles. The number of ether oxygens (including phenoxy) is 1. The minimum Gasteiger partial charge on any atom is -0.375 e. The average Bonchev–Trinajstić information content (AvgIpc) is 2.26. The summed E-state index contributed by atoms with van der Waals surface area (Å²) in [6, 6.07) is 8.10. The van der Waals surface area contributed by atoms with Crippen LogP contribution in [0.25, 0.3) is 0 Å². The lowest BCUT2D eigenvalue weighted by Crippen LogP contribution is -2.19. The quantitative estimate of drug-likeness (QED) is 0.630. The van der Waals surface area contributed by atoms with Gasteiger partial charge in [-0.3, -0.25) is 0 Å². The molecule has 0 aliphatic carbocycles. The smallest absolute Gasteiger partial charge is 0.0717 e. The highest BCUT2D eigenvalue weighted by atomic mass is 79.9. The minimum absolute atomic E-state index is 0.599. The van der Waals surface area contributed by atoms with E-state index in [1.807, 2.05) is 24.3 Å². The summed E-state index contributed by atoms with van der Waals surface area (Å²) in [6.45, 7) is 2.71. The fraction of sp³-hybridized carbons (Fsp3) is 0.333. The van der Waals surface area contributed by atoms with Crippen molar-refractivity contribution in [3.05, 3.63) is 34.3 Å². The van der Waals surface area contributed by atoms with Gasteiger partial charge in [0.1, 0.15) is 0 Å². The highest BCUT2D eigenvalue weighted by Crippen LogP contribution is 2.10. The molecule has 0 radical (unpaired) electrons. The van der Waals surface area contributed by atoms with Gasteiger partial charge in [-0.1, -0.05) is 34.0 Å². The predicted molar refractivity (Wildman–Crippen MR) is 65.5 cm³/mol. The van der Waals surface area contributed by atoms with Crippen molar-refractivity contribution in [2.24, 2.45) is 0 Å². The molecule has 1 N–H and O–H groups in total. The largest absolute Gasteiger partial charge is 0.375 e. The molecule has 2 nitrogen and oxygen atoms in total. The molecule has 3 heteroatoms. The average molecular weight is 268 g/mol. The maximum Gasteiger partial charge on any atom is 0.0717 e. The molecule has 0 aliphatic rings. The van der Waals surface area contributed by atoms with Crippen molar-refractivity contribution in [1.29, 1.82) is 0 Å². The Morgan fingerprint density at radius 1 is 1.33 bits per heavy atom. The lowest BCUT2D eigenvalue weighted by molar-refractivity contribution is 0.123. The number of rotatable bonds is 6. The van der Waals surface area contributed by atoms with E-state index in [0.29, 0.717) is 19.8 Å². The van der Waals surface area contributed by atoms with Crippen molar-refractivity contribution in [3.8, 4) is 12.3 Å². The maximum absolute atomic E-state index is 5.46. The molecule has 0 atom stereocenters. The van der Waals surface area contributed by atoms with Gasteiger partial charge in [0, 0.05) is 11.0 Å². The van der Waals surface area contributed by atoms with E-state index in [-0.39, 0.29) is 0 Å². The van der Waals surface area contributed by atoms with E-state index in [1.165, 1.54) is 5.56 Å². The van der Waals surface area contributed by atoms with Crippen LogP contribution in [0.5, 0.6) is 0 Å². The van der Waals surface area contributed by atoms with Crippen LogP contribution in [0.3, 0.4) is 0 Å². The molecule has 0 amide bonds. The summed E-state index contributed by atoms with van der Waals surface area (Å²) in [5.74, 6) is 2.51. The summed E-state index contributed by atoms with van der Waals surface area (Å²) in [4.78, 5) is 0. The van der Waals surface area contributed by atoms with E-state index in [2.05, 4.69) is 27.2 Å². The molecule has 15 heavy (non-hydrogen) atoms. The van der Waals surface area contributed by atoms with Crippen LogP contribution in [0.2, 0.25) is 0 Å². The fourth-order valence-corrected chi connectivity index (χ4v) is 1.34. The van der Waals surface area contributed by atoms with Crippen LogP contribution in [0.15, 0.2) is 28.7 Å². The summed E-state index contributed by atoms with van der Waals surface area (Å²) in [7, 11) is 0. The Morgan fingerprint density at radius 3 is 2.73 bits per heavy atom. The lowest BCUT2D eigenvalue weighted by atomic mass is 10.2. The molecule has 1 rings (SSSR count). The Morgan fingerprint density at radius 2 is 2.07 bits per heavy atom. The first-order valence-corrected chi connectivity index (χ1v) is 5.58. The molecule has 0 unspecified atom stereocenters. The third kappa shape index (κ3) is 5.58.